The predicted molar refractivity (Wildman–Crippen MR) is 91.5 cm³/mol. The first-order chi connectivity index (χ1) is 11.3. The summed E-state index contributed by atoms with van der Waals surface area (Å²) in [6, 6.07) is 7.49. The Morgan fingerprint density at radius 2 is 1.96 bits per heavy atom. The number of hydrogen-bond acceptors (Lipinski definition) is 5. The van der Waals surface area contributed by atoms with E-state index < -0.39 is 0 Å². The Bertz CT molecular complexity index is 688. The average Bonchev–Trinajstić information content (AvgIpc) is 3.27. The van der Waals surface area contributed by atoms with Crippen LogP contribution in [-0.2, 0) is 0 Å². The molecule has 2 saturated heterocycles. The number of nitrogens with one attached hydrogen (secondary N) is 1. The number of piperidine rings is 1. The van der Waals surface area contributed by atoms with E-state index in [-0.39, 0.29) is 18.3 Å². The van der Waals surface area contributed by atoms with Gasteiger partial charge >= 0.3 is 0 Å². The Hall–Kier alpha value is -1.99. The minimum Gasteiger partial charge on any atom is -0.339 e. The van der Waals surface area contributed by atoms with Crippen molar-refractivity contribution in [3.8, 4) is 5.69 Å². The van der Waals surface area contributed by atoms with Gasteiger partial charge in [-0.2, -0.15) is 4.68 Å². The van der Waals surface area contributed by atoms with Crippen molar-refractivity contribution in [1.29, 1.82) is 0 Å². The number of carbonyl (C=O) groups excluding carboxylic acids is 1. The van der Waals surface area contributed by atoms with Crippen molar-refractivity contribution in [2.24, 2.45) is 5.41 Å². The maximum absolute atomic E-state index is 12.9. The summed E-state index contributed by atoms with van der Waals surface area (Å²) < 4.78 is 1.54. The summed E-state index contributed by atoms with van der Waals surface area (Å²) in [7, 11) is 0. The van der Waals surface area contributed by atoms with Gasteiger partial charge in [0.2, 0.25) is 0 Å². The van der Waals surface area contributed by atoms with Crippen molar-refractivity contribution in [3.05, 3.63) is 36.2 Å². The fraction of sp³-hybridized carbons (Fsp3) is 0.500. The van der Waals surface area contributed by atoms with Gasteiger partial charge in [0.1, 0.15) is 6.33 Å². The molecule has 128 valence electrons. The zero-order chi connectivity index (χ0) is 15.7. The topological polar surface area (TPSA) is 75.9 Å². The standard InChI is InChI=1S/C16H20N6O.ClH/c23-15(21-9-6-16(7-10-21)5-8-17-11-16)13-3-1-2-4-14(13)22-12-18-19-20-22;/h1-4,12,17H,5-11H2;1H. The fourth-order valence-corrected chi connectivity index (χ4v) is 3.70. The van der Waals surface area contributed by atoms with Gasteiger partial charge in [-0.05, 0) is 53.8 Å². The number of aromatic nitrogens is 4. The van der Waals surface area contributed by atoms with Crippen LogP contribution in [0.15, 0.2) is 30.6 Å². The molecule has 0 unspecified atom stereocenters. The second-order valence-corrected chi connectivity index (χ2v) is 6.49. The summed E-state index contributed by atoms with van der Waals surface area (Å²) >= 11 is 0. The minimum absolute atomic E-state index is 0. The lowest BCUT2D eigenvalue weighted by Gasteiger charge is -2.39. The molecule has 0 radical (unpaired) electrons. The van der Waals surface area contributed by atoms with Crippen molar-refractivity contribution in [1.82, 2.24) is 30.4 Å². The summed E-state index contributed by atoms with van der Waals surface area (Å²) in [5.74, 6) is 0.0666. The molecule has 2 aliphatic heterocycles. The van der Waals surface area contributed by atoms with Gasteiger partial charge in [-0.25, -0.2) is 0 Å². The third-order valence-corrected chi connectivity index (χ3v) is 5.17. The number of benzene rings is 1. The lowest BCUT2D eigenvalue weighted by molar-refractivity contribution is 0.0607. The van der Waals surface area contributed by atoms with Crippen LogP contribution >= 0.6 is 12.4 Å². The van der Waals surface area contributed by atoms with E-state index in [1.165, 1.54) is 12.7 Å². The molecule has 0 saturated carbocycles. The molecule has 0 atom stereocenters. The zero-order valence-corrected chi connectivity index (χ0v) is 14.2. The highest BCUT2D eigenvalue weighted by Crippen LogP contribution is 2.37. The van der Waals surface area contributed by atoms with Crippen LogP contribution in [0, 0.1) is 5.41 Å². The highest BCUT2D eigenvalue weighted by molar-refractivity contribution is 5.97. The number of para-hydroxylation sites is 1. The van der Waals surface area contributed by atoms with Gasteiger partial charge in [0.25, 0.3) is 5.91 Å². The predicted octanol–water partition coefficient (Wildman–Crippen LogP) is 1.30. The summed E-state index contributed by atoms with van der Waals surface area (Å²) in [5, 5.41) is 14.7. The van der Waals surface area contributed by atoms with Crippen molar-refractivity contribution in [3.63, 3.8) is 0 Å². The van der Waals surface area contributed by atoms with E-state index in [0.29, 0.717) is 11.0 Å². The number of hydrogen-bond donors (Lipinski definition) is 1. The first kappa shape index (κ1) is 16.9. The molecule has 2 aliphatic rings. The molecule has 8 heteroatoms. The molecule has 1 spiro atoms. The molecule has 24 heavy (non-hydrogen) atoms. The number of halogens is 1. The molecule has 4 rings (SSSR count). The van der Waals surface area contributed by atoms with Crippen LogP contribution in [0.25, 0.3) is 5.69 Å². The van der Waals surface area contributed by atoms with E-state index in [1.807, 2.05) is 29.2 Å². The number of nitrogens with zero attached hydrogens (tertiary/aromatic N) is 5. The largest absolute Gasteiger partial charge is 0.339 e. The molecular formula is C16H21ClN6O. The SMILES string of the molecule is Cl.O=C(c1ccccc1-n1cnnn1)N1CCC2(CCNC2)CC1. The number of tetrazole rings is 1. The summed E-state index contributed by atoms with van der Waals surface area (Å²) in [5.41, 5.74) is 1.79. The third-order valence-electron chi connectivity index (χ3n) is 5.17. The van der Waals surface area contributed by atoms with E-state index in [9.17, 15) is 4.79 Å². The maximum atomic E-state index is 12.9. The minimum atomic E-state index is 0. The Morgan fingerprint density at radius 3 is 2.62 bits per heavy atom. The van der Waals surface area contributed by atoms with Gasteiger partial charge in [0.05, 0.1) is 11.3 Å². The number of likely N-dealkylation sites (tertiary alicyclic amines) is 1. The molecule has 1 amide bonds. The Morgan fingerprint density at radius 1 is 1.17 bits per heavy atom. The average molecular weight is 349 g/mol. The van der Waals surface area contributed by atoms with Crippen LogP contribution in [0.2, 0.25) is 0 Å². The lowest BCUT2D eigenvalue weighted by atomic mass is 9.78. The molecule has 0 aliphatic carbocycles. The van der Waals surface area contributed by atoms with E-state index in [1.54, 1.807) is 4.68 Å². The van der Waals surface area contributed by atoms with Crippen LogP contribution < -0.4 is 5.32 Å². The molecule has 1 aromatic heterocycles. The summed E-state index contributed by atoms with van der Waals surface area (Å²) in [6.07, 6.45) is 4.91. The molecular weight excluding hydrogens is 328 g/mol. The van der Waals surface area contributed by atoms with Crippen molar-refractivity contribution >= 4 is 18.3 Å². The zero-order valence-electron chi connectivity index (χ0n) is 13.4. The van der Waals surface area contributed by atoms with Crippen LogP contribution in [0.1, 0.15) is 29.6 Å². The molecule has 1 N–H and O–H groups in total. The van der Waals surface area contributed by atoms with E-state index in [4.69, 9.17) is 0 Å². The first-order valence-electron chi connectivity index (χ1n) is 8.10. The lowest BCUT2D eigenvalue weighted by Crippen LogP contribution is -2.44. The Labute approximate surface area is 146 Å². The molecule has 2 aromatic rings. The maximum Gasteiger partial charge on any atom is 0.256 e. The monoisotopic (exact) mass is 348 g/mol. The smallest absolute Gasteiger partial charge is 0.256 e. The van der Waals surface area contributed by atoms with Crippen LogP contribution in [0.5, 0.6) is 0 Å². The third kappa shape index (κ3) is 3.01. The van der Waals surface area contributed by atoms with Gasteiger partial charge in [0.15, 0.2) is 0 Å². The van der Waals surface area contributed by atoms with Crippen molar-refractivity contribution in [2.45, 2.75) is 19.3 Å². The molecule has 7 nitrogen and oxygen atoms in total. The second-order valence-electron chi connectivity index (χ2n) is 6.49. The normalized spacial score (nSPS) is 19.2. The molecule has 0 bridgehead atoms. The van der Waals surface area contributed by atoms with E-state index in [0.717, 1.165) is 44.7 Å². The van der Waals surface area contributed by atoms with Gasteiger partial charge in [0, 0.05) is 19.6 Å². The van der Waals surface area contributed by atoms with Crippen molar-refractivity contribution < 1.29 is 4.79 Å². The summed E-state index contributed by atoms with van der Waals surface area (Å²) in [4.78, 5) is 14.9. The van der Waals surface area contributed by atoms with Crippen LogP contribution in [0.3, 0.4) is 0 Å². The highest BCUT2D eigenvalue weighted by Gasteiger charge is 2.38. The Balaban J connectivity index is 0.00000169. The van der Waals surface area contributed by atoms with Crippen molar-refractivity contribution in [2.75, 3.05) is 26.2 Å². The van der Waals surface area contributed by atoms with Gasteiger partial charge in [-0.1, -0.05) is 12.1 Å². The number of rotatable bonds is 2. The van der Waals surface area contributed by atoms with Crippen LogP contribution in [0.4, 0.5) is 0 Å². The quantitative estimate of drug-likeness (QED) is 0.885. The van der Waals surface area contributed by atoms with Gasteiger partial charge in [-0.3, -0.25) is 4.79 Å². The van der Waals surface area contributed by atoms with E-state index in [2.05, 4.69) is 20.8 Å². The molecule has 3 heterocycles. The van der Waals surface area contributed by atoms with E-state index >= 15 is 0 Å². The number of carbonyl (C=O) groups is 1. The van der Waals surface area contributed by atoms with Gasteiger partial charge < -0.3 is 10.2 Å². The summed E-state index contributed by atoms with van der Waals surface area (Å²) in [6.45, 7) is 3.85. The molecule has 1 aromatic carbocycles. The second kappa shape index (κ2) is 6.86. The fourth-order valence-electron chi connectivity index (χ4n) is 3.70. The Kier molecular flexibility index (Phi) is 4.82. The number of amides is 1. The van der Waals surface area contributed by atoms with Gasteiger partial charge in [-0.15, -0.1) is 17.5 Å². The highest BCUT2D eigenvalue weighted by atomic mass is 35.5. The molecule has 2 fully saturated rings. The first-order valence-corrected chi connectivity index (χ1v) is 8.10. The van der Waals surface area contributed by atoms with Crippen LogP contribution in [-0.4, -0.2) is 57.2 Å².